The minimum atomic E-state index is -0.271. The molecule has 0 radical (unpaired) electrons. The summed E-state index contributed by atoms with van der Waals surface area (Å²) in [7, 11) is 2.16. The zero-order chi connectivity index (χ0) is 21.1. The molecular weight excluding hydrogens is 344 g/mol. The van der Waals surface area contributed by atoms with Gasteiger partial charge in [0.2, 0.25) is 5.91 Å². The number of nitrogens with two attached hydrogens (primary N) is 1. The molecule has 162 valence electrons. The van der Waals surface area contributed by atoms with Gasteiger partial charge in [-0.3, -0.25) is 4.79 Å². The normalized spacial score (nSPS) is 12.1. The van der Waals surface area contributed by atoms with Crippen LogP contribution in [0.25, 0.3) is 0 Å². The van der Waals surface area contributed by atoms with Crippen LogP contribution in [0.3, 0.4) is 0 Å². The van der Waals surface area contributed by atoms with Gasteiger partial charge in [-0.2, -0.15) is 0 Å². The zero-order valence-electron chi connectivity index (χ0n) is 18.9. The van der Waals surface area contributed by atoms with Crippen molar-refractivity contribution in [3.63, 3.8) is 0 Å². The summed E-state index contributed by atoms with van der Waals surface area (Å²) in [6, 6.07) is 0. The quantitative estimate of drug-likeness (QED) is 0.112. The topological polar surface area (TPSA) is 43.1 Å². The van der Waals surface area contributed by atoms with E-state index >= 15 is 0 Å². The number of hydrogen-bond donors (Lipinski definition) is 1. The SMILES string of the molecule is C=CC[N+](C)(CC=C)CC=C(CCCCCCCCCCCCCC)C(N)=O. The third kappa shape index (κ3) is 14.7. The molecule has 0 spiro atoms. The average molecular weight is 392 g/mol. The zero-order valence-corrected chi connectivity index (χ0v) is 18.9. The fourth-order valence-electron chi connectivity index (χ4n) is 3.66. The van der Waals surface area contributed by atoms with Gasteiger partial charge in [-0.25, -0.2) is 0 Å². The lowest BCUT2D eigenvalue weighted by molar-refractivity contribution is -0.892. The fraction of sp³-hybridized carbons (Fsp3) is 0.720. The second-order valence-electron chi connectivity index (χ2n) is 8.48. The molecule has 0 fully saturated rings. The van der Waals surface area contributed by atoms with Crippen molar-refractivity contribution in [2.24, 2.45) is 5.73 Å². The Labute approximate surface area is 175 Å². The Hall–Kier alpha value is -1.35. The van der Waals surface area contributed by atoms with E-state index in [1.54, 1.807) is 0 Å². The van der Waals surface area contributed by atoms with Crippen LogP contribution in [0.1, 0.15) is 90.4 Å². The third-order valence-electron chi connectivity index (χ3n) is 5.53. The summed E-state index contributed by atoms with van der Waals surface area (Å²) in [6.45, 7) is 12.4. The lowest BCUT2D eigenvalue weighted by atomic mass is 10.0. The van der Waals surface area contributed by atoms with E-state index in [0.29, 0.717) is 0 Å². The maximum atomic E-state index is 11.8. The Bertz CT molecular complexity index is 443. The first kappa shape index (κ1) is 26.6. The van der Waals surface area contributed by atoms with Crippen molar-refractivity contribution >= 4 is 5.91 Å². The van der Waals surface area contributed by atoms with Gasteiger partial charge in [0, 0.05) is 5.57 Å². The number of amides is 1. The smallest absolute Gasteiger partial charge is 0.244 e. The van der Waals surface area contributed by atoms with Gasteiger partial charge in [0.15, 0.2) is 0 Å². The number of primary amides is 1. The highest BCUT2D eigenvalue weighted by Crippen LogP contribution is 2.15. The molecule has 0 aliphatic carbocycles. The van der Waals surface area contributed by atoms with Crippen LogP contribution in [0.2, 0.25) is 0 Å². The van der Waals surface area contributed by atoms with Crippen molar-refractivity contribution in [3.05, 3.63) is 37.0 Å². The molecule has 28 heavy (non-hydrogen) atoms. The van der Waals surface area contributed by atoms with Gasteiger partial charge < -0.3 is 10.2 Å². The Morgan fingerprint density at radius 3 is 1.61 bits per heavy atom. The number of carbonyl (C=O) groups excluding carboxylic acids is 1. The van der Waals surface area contributed by atoms with Crippen molar-refractivity contribution in [3.8, 4) is 0 Å². The van der Waals surface area contributed by atoms with Gasteiger partial charge in [0.25, 0.3) is 0 Å². The minimum Gasteiger partial charge on any atom is -0.366 e. The van der Waals surface area contributed by atoms with Gasteiger partial charge in [-0.15, -0.1) is 0 Å². The van der Waals surface area contributed by atoms with Crippen LogP contribution in [-0.2, 0) is 4.79 Å². The predicted octanol–water partition coefficient (Wildman–Crippen LogP) is 6.31. The summed E-state index contributed by atoms with van der Waals surface area (Å²) < 4.78 is 0.780. The largest absolute Gasteiger partial charge is 0.366 e. The molecule has 0 aliphatic heterocycles. The van der Waals surface area contributed by atoms with Crippen molar-refractivity contribution < 1.29 is 9.28 Å². The molecule has 3 nitrogen and oxygen atoms in total. The first-order valence-corrected chi connectivity index (χ1v) is 11.5. The second kappa shape index (κ2) is 17.7. The molecule has 0 aromatic rings. The van der Waals surface area contributed by atoms with Crippen LogP contribution in [0.15, 0.2) is 37.0 Å². The van der Waals surface area contributed by atoms with Gasteiger partial charge in [-0.05, 0) is 31.1 Å². The van der Waals surface area contributed by atoms with E-state index in [9.17, 15) is 4.79 Å². The highest BCUT2D eigenvalue weighted by Gasteiger charge is 2.17. The number of unbranched alkanes of at least 4 members (excludes halogenated alkanes) is 11. The third-order valence-corrected chi connectivity index (χ3v) is 5.53. The number of nitrogens with zero attached hydrogens (tertiary/aromatic N) is 1. The van der Waals surface area contributed by atoms with E-state index in [-0.39, 0.29) is 5.91 Å². The van der Waals surface area contributed by atoms with E-state index in [1.165, 1.54) is 70.6 Å². The molecule has 0 saturated heterocycles. The minimum absolute atomic E-state index is 0.271. The number of quaternary nitrogens is 1. The molecule has 0 aliphatic rings. The first-order chi connectivity index (χ1) is 13.5. The lowest BCUT2D eigenvalue weighted by Crippen LogP contribution is -2.44. The summed E-state index contributed by atoms with van der Waals surface area (Å²) in [4.78, 5) is 11.8. The molecule has 0 unspecified atom stereocenters. The number of rotatable bonds is 20. The highest BCUT2D eigenvalue weighted by molar-refractivity contribution is 5.91. The van der Waals surface area contributed by atoms with Crippen molar-refractivity contribution in [1.82, 2.24) is 0 Å². The fourth-order valence-corrected chi connectivity index (χ4v) is 3.66. The Morgan fingerprint density at radius 1 is 0.786 bits per heavy atom. The van der Waals surface area contributed by atoms with Crippen LogP contribution >= 0.6 is 0 Å². The van der Waals surface area contributed by atoms with E-state index in [0.717, 1.165) is 42.5 Å². The van der Waals surface area contributed by atoms with Gasteiger partial charge in [-0.1, -0.05) is 90.7 Å². The molecule has 0 atom stereocenters. The number of hydrogen-bond acceptors (Lipinski definition) is 1. The molecule has 0 rings (SSSR count). The molecule has 0 aromatic heterocycles. The van der Waals surface area contributed by atoms with Crippen molar-refractivity contribution in [2.75, 3.05) is 26.7 Å². The van der Waals surface area contributed by atoms with E-state index < -0.39 is 0 Å². The van der Waals surface area contributed by atoms with Gasteiger partial charge in [0.05, 0.1) is 26.7 Å². The highest BCUT2D eigenvalue weighted by atomic mass is 16.1. The van der Waals surface area contributed by atoms with Gasteiger partial charge in [0.1, 0.15) is 0 Å². The second-order valence-corrected chi connectivity index (χ2v) is 8.48. The molecule has 0 saturated carbocycles. The maximum Gasteiger partial charge on any atom is 0.244 e. The first-order valence-electron chi connectivity index (χ1n) is 11.5. The standard InChI is InChI=1S/C25H46N2O/c1-5-8-9-10-11-12-13-14-15-16-17-18-19-24(25(26)28)20-23-27(4,21-6-2)22-7-3/h6-7,20H,2-3,5,8-19,21-23H2,1,4H3,(H-,26,28)/p+1. The molecular formula is C25H47N2O+. The monoisotopic (exact) mass is 391 g/mol. The maximum absolute atomic E-state index is 11.8. The number of likely N-dealkylation sites (N-methyl/N-ethyl adjacent to an activating group) is 1. The predicted molar refractivity (Wildman–Crippen MR) is 124 cm³/mol. The van der Waals surface area contributed by atoms with Crippen LogP contribution in [0.4, 0.5) is 0 Å². The molecule has 0 aromatic carbocycles. The Morgan fingerprint density at radius 2 is 1.21 bits per heavy atom. The molecule has 3 heteroatoms. The summed E-state index contributed by atoms with van der Waals surface area (Å²) in [6.07, 6.45) is 22.6. The summed E-state index contributed by atoms with van der Waals surface area (Å²) in [5.74, 6) is -0.271. The average Bonchev–Trinajstić information content (AvgIpc) is 2.65. The molecule has 2 N–H and O–H groups in total. The van der Waals surface area contributed by atoms with Crippen LogP contribution in [0.5, 0.6) is 0 Å². The molecule has 0 bridgehead atoms. The van der Waals surface area contributed by atoms with E-state index in [4.69, 9.17) is 5.73 Å². The summed E-state index contributed by atoms with van der Waals surface area (Å²) >= 11 is 0. The summed E-state index contributed by atoms with van der Waals surface area (Å²) in [5.41, 5.74) is 6.38. The summed E-state index contributed by atoms with van der Waals surface area (Å²) in [5, 5.41) is 0. The van der Waals surface area contributed by atoms with Crippen LogP contribution < -0.4 is 5.73 Å². The van der Waals surface area contributed by atoms with E-state index in [2.05, 4.69) is 27.1 Å². The Kier molecular flexibility index (Phi) is 16.9. The van der Waals surface area contributed by atoms with Crippen molar-refractivity contribution in [2.45, 2.75) is 90.4 Å². The van der Waals surface area contributed by atoms with E-state index in [1.807, 2.05) is 18.2 Å². The Balaban J connectivity index is 3.97. The lowest BCUT2D eigenvalue weighted by Gasteiger charge is -2.31. The number of carbonyl (C=O) groups is 1. The van der Waals surface area contributed by atoms with Crippen LogP contribution in [-0.4, -0.2) is 37.1 Å². The van der Waals surface area contributed by atoms with Crippen LogP contribution in [0, 0.1) is 0 Å². The van der Waals surface area contributed by atoms with Gasteiger partial charge >= 0.3 is 0 Å². The molecule has 1 amide bonds. The molecule has 0 heterocycles. The van der Waals surface area contributed by atoms with Crippen molar-refractivity contribution in [1.29, 1.82) is 0 Å².